The van der Waals surface area contributed by atoms with E-state index in [0.717, 1.165) is 22.7 Å². The van der Waals surface area contributed by atoms with Crippen molar-refractivity contribution in [1.82, 2.24) is 15.5 Å². The van der Waals surface area contributed by atoms with E-state index in [1.807, 2.05) is 0 Å². The van der Waals surface area contributed by atoms with Crippen LogP contribution in [0.2, 0.25) is 0 Å². The van der Waals surface area contributed by atoms with Crippen LogP contribution >= 0.6 is 0 Å². The molecule has 4 aliphatic carbocycles. The van der Waals surface area contributed by atoms with E-state index in [0.29, 0.717) is 6.54 Å². The number of hydrogen-bond donors (Lipinski definition) is 3. The number of nitrogens with zero attached hydrogens (tertiary/aromatic N) is 1. The number of nitrogens with one attached hydrogen (secondary N) is 2. The van der Waals surface area contributed by atoms with Gasteiger partial charge in [-0.15, -0.1) is 0 Å². The number of carbonyl (C=O) groups is 2. The Balaban J connectivity index is 1.33. The minimum Gasteiger partial charge on any atom is -0.390 e. The third kappa shape index (κ3) is 2.73. The average molecular weight is 335 g/mol. The molecule has 24 heavy (non-hydrogen) atoms. The molecule has 0 radical (unpaired) electrons. The molecule has 0 aromatic heterocycles. The number of β-amino-alcohol motifs (C(OH)–C–C–N with tert-alkyl or cyclic N) is 1. The van der Waals surface area contributed by atoms with Gasteiger partial charge in [-0.1, -0.05) is 0 Å². The highest BCUT2D eigenvalue weighted by molar-refractivity contribution is 6.06. The first-order chi connectivity index (χ1) is 11.3. The molecule has 3 N–H and O–H groups in total. The summed E-state index contributed by atoms with van der Waals surface area (Å²) >= 11 is 0. The summed E-state index contributed by atoms with van der Waals surface area (Å²) in [6.07, 6.45) is 7.12. The number of hydrogen-bond acceptors (Lipinski definition) is 4. The van der Waals surface area contributed by atoms with E-state index in [4.69, 9.17) is 0 Å². The Morgan fingerprint density at radius 2 is 1.71 bits per heavy atom. The van der Waals surface area contributed by atoms with Crippen molar-refractivity contribution in [3.63, 3.8) is 0 Å². The van der Waals surface area contributed by atoms with E-state index in [-0.39, 0.29) is 18.0 Å². The fourth-order valence-corrected chi connectivity index (χ4v) is 5.92. The SMILES string of the molecule is CC1(C)NC(=O)N(C[C@@H](O)CNC23CC4CC(CC(C4)C2)C3)C1=O. The molecule has 4 bridgehead atoms. The van der Waals surface area contributed by atoms with Crippen LogP contribution in [0.5, 0.6) is 0 Å². The Bertz CT molecular complexity index is 524. The van der Waals surface area contributed by atoms with Gasteiger partial charge in [0.1, 0.15) is 5.54 Å². The van der Waals surface area contributed by atoms with E-state index >= 15 is 0 Å². The van der Waals surface area contributed by atoms with E-state index in [2.05, 4.69) is 10.6 Å². The van der Waals surface area contributed by atoms with Crippen LogP contribution in [-0.4, -0.2) is 52.2 Å². The predicted molar refractivity (Wildman–Crippen MR) is 89.2 cm³/mol. The van der Waals surface area contributed by atoms with Crippen molar-refractivity contribution in [1.29, 1.82) is 0 Å². The van der Waals surface area contributed by atoms with E-state index in [9.17, 15) is 14.7 Å². The second-order valence-electron chi connectivity index (χ2n) is 9.20. The quantitative estimate of drug-likeness (QED) is 0.660. The van der Waals surface area contributed by atoms with Gasteiger partial charge in [-0.25, -0.2) is 4.79 Å². The Labute approximate surface area is 143 Å². The van der Waals surface area contributed by atoms with E-state index in [1.54, 1.807) is 13.8 Å². The molecule has 6 nitrogen and oxygen atoms in total. The number of aliphatic hydroxyl groups is 1. The maximum absolute atomic E-state index is 12.2. The Kier molecular flexibility index (Phi) is 3.69. The normalized spacial score (nSPS) is 41.0. The minimum absolute atomic E-state index is 0.0630. The van der Waals surface area contributed by atoms with Crippen LogP contribution in [0.4, 0.5) is 4.79 Å². The molecule has 1 saturated heterocycles. The highest BCUT2D eigenvalue weighted by atomic mass is 16.3. The number of amides is 3. The lowest BCUT2D eigenvalue weighted by molar-refractivity contribution is -0.131. The zero-order valence-corrected chi connectivity index (χ0v) is 14.7. The molecule has 0 aromatic rings. The molecule has 4 saturated carbocycles. The highest BCUT2D eigenvalue weighted by Crippen LogP contribution is 2.55. The van der Waals surface area contributed by atoms with Gasteiger partial charge in [-0.2, -0.15) is 0 Å². The molecule has 3 amide bonds. The van der Waals surface area contributed by atoms with Crippen molar-refractivity contribution < 1.29 is 14.7 Å². The van der Waals surface area contributed by atoms with Crippen LogP contribution in [0.25, 0.3) is 0 Å². The maximum atomic E-state index is 12.2. The second-order valence-corrected chi connectivity index (χ2v) is 9.20. The number of carbonyl (C=O) groups excluding carboxylic acids is 2. The van der Waals surface area contributed by atoms with Gasteiger partial charge in [0, 0.05) is 12.1 Å². The zero-order valence-electron chi connectivity index (χ0n) is 14.7. The molecule has 5 aliphatic rings. The van der Waals surface area contributed by atoms with Gasteiger partial charge in [-0.3, -0.25) is 9.69 Å². The first kappa shape index (κ1) is 16.3. The maximum Gasteiger partial charge on any atom is 0.325 e. The zero-order chi connectivity index (χ0) is 17.1. The highest BCUT2D eigenvalue weighted by Gasteiger charge is 2.51. The van der Waals surface area contributed by atoms with Crippen LogP contribution in [0.3, 0.4) is 0 Å². The van der Waals surface area contributed by atoms with Crippen molar-refractivity contribution >= 4 is 11.9 Å². The van der Waals surface area contributed by atoms with Crippen molar-refractivity contribution in [2.75, 3.05) is 13.1 Å². The Morgan fingerprint density at radius 1 is 1.17 bits per heavy atom. The molecule has 6 heteroatoms. The lowest BCUT2D eigenvalue weighted by Gasteiger charge is -2.57. The molecule has 0 aromatic carbocycles. The van der Waals surface area contributed by atoms with Gasteiger partial charge in [0.15, 0.2) is 0 Å². The van der Waals surface area contributed by atoms with Crippen molar-refractivity contribution in [3.8, 4) is 0 Å². The molecular weight excluding hydrogens is 306 g/mol. The van der Waals surface area contributed by atoms with Crippen LogP contribution in [0.1, 0.15) is 52.4 Å². The first-order valence-electron chi connectivity index (χ1n) is 9.33. The average Bonchev–Trinajstić information content (AvgIpc) is 2.66. The second kappa shape index (κ2) is 5.43. The Hall–Kier alpha value is -1.14. The summed E-state index contributed by atoms with van der Waals surface area (Å²) in [4.78, 5) is 25.3. The van der Waals surface area contributed by atoms with Crippen molar-refractivity contribution in [3.05, 3.63) is 0 Å². The molecule has 134 valence electrons. The third-order valence-corrected chi connectivity index (χ3v) is 6.59. The van der Waals surface area contributed by atoms with Crippen LogP contribution in [0.15, 0.2) is 0 Å². The molecule has 1 aliphatic heterocycles. The number of imide groups is 1. The molecule has 1 heterocycles. The fraction of sp³-hybridized carbons (Fsp3) is 0.889. The largest absolute Gasteiger partial charge is 0.390 e. The van der Waals surface area contributed by atoms with Gasteiger partial charge in [-0.05, 0) is 70.1 Å². The summed E-state index contributed by atoms with van der Waals surface area (Å²) in [5, 5.41) is 16.7. The molecule has 0 spiro atoms. The summed E-state index contributed by atoms with van der Waals surface area (Å²) in [5.74, 6) is 2.30. The van der Waals surface area contributed by atoms with Gasteiger partial charge in [0.25, 0.3) is 5.91 Å². The number of urea groups is 1. The lowest BCUT2D eigenvalue weighted by Crippen LogP contribution is -2.60. The van der Waals surface area contributed by atoms with Crippen LogP contribution < -0.4 is 10.6 Å². The van der Waals surface area contributed by atoms with Gasteiger partial charge >= 0.3 is 6.03 Å². The van der Waals surface area contributed by atoms with Crippen LogP contribution in [-0.2, 0) is 4.79 Å². The standard InChI is InChI=1S/C18H29N3O3/c1-17(2)15(23)21(16(24)20-17)10-14(22)9-19-18-6-11-3-12(7-18)5-13(4-11)8-18/h11-14,19,22H,3-10H2,1-2H3,(H,20,24)/t11?,12?,13?,14-,18?/m0/s1. The molecule has 0 unspecified atom stereocenters. The monoisotopic (exact) mass is 335 g/mol. The molecule has 5 rings (SSSR count). The number of aliphatic hydroxyl groups excluding tert-OH is 1. The van der Waals surface area contributed by atoms with E-state index in [1.165, 1.54) is 38.5 Å². The molecule has 1 atom stereocenters. The summed E-state index contributed by atoms with van der Waals surface area (Å²) < 4.78 is 0. The predicted octanol–water partition coefficient (Wildman–Crippen LogP) is 1.24. The first-order valence-corrected chi connectivity index (χ1v) is 9.33. The summed E-state index contributed by atoms with van der Waals surface area (Å²) in [6, 6.07) is -0.404. The summed E-state index contributed by atoms with van der Waals surface area (Å²) in [5.41, 5.74) is -0.684. The van der Waals surface area contributed by atoms with Gasteiger partial charge < -0.3 is 15.7 Å². The number of rotatable bonds is 5. The third-order valence-electron chi connectivity index (χ3n) is 6.59. The summed E-state index contributed by atoms with van der Waals surface area (Å²) in [7, 11) is 0. The van der Waals surface area contributed by atoms with E-state index < -0.39 is 17.7 Å². The van der Waals surface area contributed by atoms with Gasteiger partial charge in [0.05, 0.1) is 12.6 Å². The topological polar surface area (TPSA) is 81.7 Å². The van der Waals surface area contributed by atoms with Gasteiger partial charge in [0.2, 0.25) is 0 Å². The molecule has 5 fully saturated rings. The summed E-state index contributed by atoms with van der Waals surface area (Å²) in [6.45, 7) is 3.89. The Morgan fingerprint density at radius 3 is 2.17 bits per heavy atom. The lowest BCUT2D eigenvalue weighted by atomic mass is 9.53. The van der Waals surface area contributed by atoms with Crippen molar-refractivity contribution in [2.24, 2.45) is 17.8 Å². The fourth-order valence-electron chi connectivity index (χ4n) is 5.92. The smallest absolute Gasteiger partial charge is 0.325 e. The molecular formula is C18H29N3O3. The van der Waals surface area contributed by atoms with Crippen LogP contribution in [0, 0.1) is 17.8 Å². The van der Waals surface area contributed by atoms with Crippen molar-refractivity contribution in [2.45, 2.75) is 69.6 Å². The minimum atomic E-state index is -0.871.